The van der Waals surface area contributed by atoms with Gasteiger partial charge in [-0.05, 0) is 33.7 Å². The van der Waals surface area contributed by atoms with Crippen LogP contribution in [0.1, 0.15) is 26.7 Å². The van der Waals surface area contributed by atoms with Gasteiger partial charge in [-0.25, -0.2) is 12.7 Å². The molecule has 27 heavy (non-hydrogen) atoms. The number of hydrogen-bond acceptors (Lipinski definition) is 4. The van der Waals surface area contributed by atoms with Crippen molar-refractivity contribution in [1.29, 1.82) is 0 Å². The van der Waals surface area contributed by atoms with E-state index in [1.54, 1.807) is 6.92 Å². The lowest BCUT2D eigenvalue weighted by Gasteiger charge is -2.32. The molecular weight excluding hydrogens is 498 g/mol. The molecule has 0 aliphatic carbocycles. The highest BCUT2D eigenvalue weighted by Gasteiger charge is 2.29. The van der Waals surface area contributed by atoms with Crippen molar-refractivity contribution < 1.29 is 21.6 Å². The molecule has 12 heteroatoms. The minimum absolute atomic E-state index is 0. The van der Waals surface area contributed by atoms with Crippen molar-refractivity contribution in [2.75, 3.05) is 52.1 Å². The fraction of sp³-hybridized carbons (Fsp3) is 0.933. The molecular formula is C15H31F3IN5O2S. The van der Waals surface area contributed by atoms with Crippen LogP contribution in [0.3, 0.4) is 0 Å². The average molecular weight is 529 g/mol. The van der Waals surface area contributed by atoms with E-state index in [9.17, 15) is 21.6 Å². The van der Waals surface area contributed by atoms with Crippen LogP contribution in [0, 0.1) is 0 Å². The molecule has 0 spiro atoms. The van der Waals surface area contributed by atoms with Gasteiger partial charge in [0, 0.05) is 32.2 Å². The van der Waals surface area contributed by atoms with E-state index in [2.05, 4.69) is 15.6 Å². The molecule has 1 fully saturated rings. The van der Waals surface area contributed by atoms with Crippen molar-refractivity contribution >= 4 is 40.0 Å². The van der Waals surface area contributed by atoms with Crippen molar-refractivity contribution in [2.45, 2.75) is 38.9 Å². The van der Waals surface area contributed by atoms with Crippen LogP contribution in [-0.4, -0.2) is 87.9 Å². The Morgan fingerprint density at radius 3 is 2.33 bits per heavy atom. The van der Waals surface area contributed by atoms with Crippen molar-refractivity contribution in [1.82, 2.24) is 19.8 Å². The summed E-state index contributed by atoms with van der Waals surface area (Å²) in [5, 5.41) is 6.32. The van der Waals surface area contributed by atoms with Crippen LogP contribution in [0.25, 0.3) is 0 Å². The third-order valence-corrected chi connectivity index (χ3v) is 5.98. The fourth-order valence-corrected chi connectivity index (χ4v) is 3.82. The molecule has 2 N–H and O–H groups in total. The number of nitrogens with one attached hydrogen (secondary N) is 2. The predicted molar refractivity (Wildman–Crippen MR) is 112 cm³/mol. The third-order valence-electron chi connectivity index (χ3n) is 4.10. The maximum Gasteiger partial charge on any atom is 0.401 e. The smallest absolute Gasteiger partial charge is 0.357 e. The van der Waals surface area contributed by atoms with E-state index >= 15 is 0 Å². The number of guanidine groups is 1. The first-order valence-corrected chi connectivity index (χ1v) is 10.5. The molecule has 1 aliphatic rings. The zero-order chi connectivity index (χ0) is 19.8. The minimum atomic E-state index is -4.21. The average Bonchev–Trinajstić information content (AvgIpc) is 2.54. The van der Waals surface area contributed by atoms with Gasteiger partial charge in [0.25, 0.3) is 0 Å². The monoisotopic (exact) mass is 529 g/mol. The third kappa shape index (κ3) is 10.7. The van der Waals surface area contributed by atoms with Crippen molar-refractivity contribution in [3.05, 3.63) is 0 Å². The van der Waals surface area contributed by atoms with Crippen LogP contribution < -0.4 is 10.6 Å². The Hall–Kier alpha value is -0.340. The topological polar surface area (TPSA) is 77.0 Å². The highest BCUT2D eigenvalue weighted by molar-refractivity contribution is 14.0. The Morgan fingerprint density at radius 1 is 1.26 bits per heavy atom. The normalized spacial score (nSPS) is 17.7. The summed E-state index contributed by atoms with van der Waals surface area (Å²) in [6.07, 6.45) is -2.89. The van der Waals surface area contributed by atoms with Crippen molar-refractivity contribution in [3.63, 3.8) is 0 Å². The van der Waals surface area contributed by atoms with Crippen molar-refractivity contribution in [2.24, 2.45) is 4.99 Å². The van der Waals surface area contributed by atoms with Gasteiger partial charge in [-0.3, -0.25) is 9.89 Å². The van der Waals surface area contributed by atoms with Crippen molar-refractivity contribution in [3.8, 4) is 0 Å². The van der Waals surface area contributed by atoms with E-state index in [4.69, 9.17) is 0 Å². The number of alkyl halides is 3. The molecule has 0 aromatic carbocycles. The Kier molecular flexibility index (Phi) is 12.1. The van der Waals surface area contributed by atoms with E-state index < -0.39 is 22.7 Å². The lowest BCUT2D eigenvalue weighted by atomic mass is 10.1. The molecule has 0 aromatic rings. The van der Waals surface area contributed by atoms with Gasteiger partial charge < -0.3 is 10.6 Å². The SMILES string of the molecule is CCNC(=NCCN(C)CC(F)(F)F)NC1CCN(S(=O)(=O)CC)CC1.I. The lowest BCUT2D eigenvalue weighted by molar-refractivity contribution is -0.142. The number of piperidine rings is 1. The number of aliphatic imine (C=N–C) groups is 1. The number of nitrogens with zero attached hydrogens (tertiary/aromatic N) is 3. The summed E-state index contributed by atoms with van der Waals surface area (Å²) in [7, 11) is -1.75. The predicted octanol–water partition coefficient (Wildman–Crippen LogP) is 1.47. The Morgan fingerprint density at radius 2 is 1.85 bits per heavy atom. The van der Waals surface area contributed by atoms with E-state index in [0.717, 1.165) is 0 Å². The molecule has 1 aliphatic heterocycles. The summed E-state index contributed by atoms with van der Waals surface area (Å²) >= 11 is 0. The first-order chi connectivity index (χ1) is 12.1. The molecule has 0 radical (unpaired) electrons. The van der Waals surface area contributed by atoms with Gasteiger partial charge in [-0.15, -0.1) is 24.0 Å². The minimum Gasteiger partial charge on any atom is -0.357 e. The van der Waals surface area contributed by atoms with E-state index in [1.165, 1.54) is 16.3 Å². The molecule has 0 unspecified atom stereocenters. The molecule has 7 nitrogen and oxygen atoms in total. The first-order valence-electron chi connectivity index (χ1n) is 8.85. The van der Waals surface area contributed by atoms with Gasteiger partial charge in [-0.2, -0.15) is 13.2 Å². The number of hydrogen-bond donors (Lipinski definition) is 2. The number of halogens is 4. The van der Waals surface area contributed by atoms with E-state index in [-0.39, 0.29) is 48.9 Å². The van der Waals surface area contributed by atoms with Crippen LogP contribution >= 0.6 is 24.0 Å². The largest absolute Gasteiger partial charge is 0.401 e. The molecule has 1 heterocycles. The molecule has 0 aromatic heterocycles. The van der Waals surface area contributed by atoms with Crippen LogP contribution in [0.4, 0.5) is 13.2 Å². The lowest BCUT2D eigenvalue weighted by Crippen LogP contribution is -2.50. The highest BCUT2D eigenvalue weighted by Crippen LogP contribution is 2.15. The van der Waals surface area contributed by atoms with Crippen LogP contribution in [-0.2, 0) is 10.0 Å². The quantitative estimate of drug-likeness (QED) is 0.283. The zero-order valence-corrected chi connectivity index (χ0v) is 19.2. The van der Waals surface area contributed by atoms with Gasteiger partial charge in [0.1, 0.15) is 0 Å². The van der Waals surface area contributed by atoms with Crippen LogP contribution in [0.15, 0.2) is 4.99 Å². The van der Waals surface area contributed by atoms with Crippen LogP contribution in [0.5, 0.6) is 0 Å². The summed E-state index contributed by atoms with van der Waals surface area (Å²) in [5.74, 6) is 0.644. The summed E-state index contributed by atoms with van der Waals surface area (Å²) in [6.45, 7) is 4.57. The second kappa shape index (κ2) is 12.3. The maximum absolute atomic E-state index is 12.3. The molecule has 162 valence electrons. The summed E-state index contributed by atoms with van der Waals surface area (Å²) in [4.78, 5) is 5.50. The zero-order valence-electron chi connectivity index (χ0n) is 16.0. The molecule has 1 rings (SSSR count). The molecule has 0 atom stereocenters. The summed E-state index contributed by atoms with van der Waals surface area (Å²) < 4.78 is 62.2. The fourth-order valence-electron chi connectivity index (χ4n) is 2.69. The first kappa shape index (κ1) is 26.7. The maximum atomic E-state index is 12.3. The molecule has 0 amide bonds. The summed E-state index contributed by atoms with van der Waals surface area (Å²) in [6, 6.07) is 0.0870. The van der Waals surface area contributed by atoms with Gasteiger partial charge in [-0.1, -0.05) is 0 Å². The molecule has 0 bridgehead atoms. The van der Waals surface area contributed by atoms with E-state index in [1.807, 2.05) is 6.92 Å². The van der Waals surface area contributed by atoms with Gasteiger partial charge >= 0.3 is 6.18 Å². The van der Waals surface area contributed by atoms with Crippen LogP contribution in [0.2, 0.25) is 0 Å². The van der Waals surface area contributed by atoms with E-state index in [0.29, 0.717) is 38.4 Å². The number of rotatable bonds is 8. The Balaban J connectivity index is 0.00000676. The van der Waals surface area contributed by atoms with Gasteiger partial charge in [0.05, 0.1) is 18.8 Å². The standard InChI is InChI=1S/C15H30F3N5O2S.HI/c1-4-19-14(20-8-11-22(3)12-15(16,17)18)21-13-6-9-23(10-7-13)26(24,25)5-2;/h13H,4-12H2,1-3H3,(H2,19,20,21);1H. The molecule has 1 saturated heterocycles. The second-order valence-corrected chi connectivity index (χ2v) is 8.59. The molecule has 0 saturated carbocycles. The van der Waals surface area contributed by atoms with Gasteiger partial charge in [0.2, 0.25) is 10.0 Å². The highest BCUT2D eigenvalue weighted by atomic mass is 127. The Labute approximate surface area is 177 Å². The Bertz CT molecular complexity index is 552. The number of likely N-dealkylation sites (N-methyl/N-ethyl adjacent to an activating group) is 1. The number of sulfonamides is 1. The summed E-state index contributed by atoms with van der Waals surface area (Å²) in [5.41, 5.74) is 0. The second-order valence-electron chi connectivity index (χ2n) is 6.33. The van der Waals surface area contributed by atoms with Gasteiger partial charge in [0.15, 0.2) is 5.96 Å².